The number of hydrogen-bond donors (Lipinski definition) is 5. The first-order chi connectivity index (χ1) is 65.8. The summed E-state index contributed by atoms with van der Waals surface area (Å²) < 4.78 is 121. The molecule has 4 saturated heterocycles. The number of nitrogens with zero attached hydrogens (tertiary/aromatic N) is 16. The lowest BCUT2D eigenvalue weighted by Crippen LogP contribution is -2.49. The second kappa shape index (κ2) is 43.4. The fraction of sp³-hybridized carbons (Fsp3) is 0.296. The number of rotatable bonds is 20. The Hall–Kier alpha value is -15.0. The summed E-state index contributed by atoms with van der Waals surface area (Å²) in [6.45, 7) is 15.3. The Morgan fingerprint density at radius 1 is 0.375 bits per heavy atom. The minimum atomic E-state index is -0.845. The van der Waals surface area contributed by atoms with Crippen molar-refractivity contribution in [3.8, 4) is 90.9 Å². The molecule has 0 spiro atoms. The van der Waals surface area contributed by atoms with Crippen LogP contribution >= 0.6 is 0 Å². The monoisotopic (exact) mass is 1860 g/mol. The topological polar surface area (TPSA) is 316 Å². The molecule has 0 aliphatic carbocycles. The van der Waals surface area contributed by atoms with Gasteiger partial charge in [0.2, 0.25) is 5.88 Å². The Labute approximate surface area is 777 Å². The van der Waals surface area contributed by atoms with Gasteiger partial charge in [0.1, 0.15) is 28.2 Å². The van der Waals surface area contributed by atoms with Crippen molar-refractivity contribution in [2.24, 2.45) is 0 Å². The number of methoxy groups -OCH3 is 6. The van der Waals surface area contributed by atoms with Crippen LogP contribution in [0.4, 0.5) is 54.8 Å². The molecule has 32 nitrogen and oxygen atoms in total. The number of anilines is 5. The van der Waals surface area contributed by atoms with Crippen LogP contribution in [0.15, 0.2) is 219 Å². The van der Waals surface area contributed by atoms with E-state index >= 15 is 0 Å². The lowest BCUT2D eigenvalue weighted by molar-refractivity contribution is 0.249. The number of pyridine rings is 6. The van der Waals surface area contributed by atoms with Gasteiger partial charge in [-0.15, -0.1) is 0 Å². The van der Waals surface area contributed by atoms with Crippen LogP contribution in [0.2, 0.25) is 0 Å². The number of aromatic nitrogens is 11. The third kappa shape index (κ3) is 22.1. The molecule has 4 fully saturated rings. The number of piperazine rings is 3. The van der Waals surface area contributed by atoms with Gasteiger partial charge in [-0.05, 0) is 168 Å². The maximum Gasteiger partial charge on any atom is 0.258 e. The molecule has 0 bridgehead atoms. The standard InChI is InChI=1S/C22H25FN4O2.C20H20F2N4O2.C19H18F2N4O2.C19H22N4O3.C18H18FN5O2/c1-25(2)16-8-10-26(11-9-16)17-5-7-21-24-19(13-22(28)27(21)14-17)15-4-6-20(29-3)18(23)12-15;1-12-10-25(6-5-23-12)14-3-4-18-24-17(9-19(27)26(18)11-14)13-7-15(21)20(28-2)16(22)8-13;1-27-19-14(20)8-12(9-15(19)21)16-10-18(26)25-11-13(2-3-17(25)23-16)24-6-4-22-5-7-24;1-20-8-9-21-14-5-7-18-22-15(11-19(24)23(18)12-14)13-4-6-16(25-2)17(10-13)26-3;1-26-18-14(19)8-12(10-21-18)15-9-17(25)24-11-13(2-3-16(24)22-15)23-6-4-20-5-7-23/h4-7,12-14,16H,8-11H2,1-3H3;3-4,7-9,11-12,23H,5-6,10H2,1-2H3;2-3,8-11,22H,4-7H2,1H3;4-7,10-12,20-21H,8-9H2,1-3H3;2-3,8-11,20H,4-7H2,1H3/t;12-;;;/m.0.../s1. The van der Waals surface area contributed by atoms with Gasteiger partial charge in [0.25, 0.3) is 27.8 Å². The van der Waals surface area contributed by atoms with Gasteiger partial charge < -0.3 is 79.5 Å². The average Bonchev–Trinajstić information content (AvgIpc) is 0.796. The SMILES string of the molecule is CNCCNc1ccc2nc(-c3ccc(OC)c(OC)c3)cc(=O)n2c1.COc1c(F)cc(-c2cc(=O)n3cc(N4CCNCC4)ccc3n2)cc1F.COc1c(F)cc(-c2cc(=O)n3cc(N4CCN[C@@H](C)C4)ccc3n2)cc1F.COc1ccc(-c2cc(=O)n3cc(N4CCC(N(C)C)CC4)ccc3n2)cc1F.COc1ncc(-c2cc(=O)n3cc(N4CCNCC4)ccc3n2)cc1F. The maximum atomic E-state index is 14.0. The lowest BCUT2D eigenvalue weighted by atomic mass is 10.0. The van der Waals surface area contributed by atoms with Gasteiger partial charge >= 0.3 is 0 Å². The molecule has 1 atom stereocenters. The lowest BCUT2D eigenvalue weighted by Gasteiger charge is -2.36. The summed E-state index contributed by atoms with van der Waals surface area (Å²) in [5.41, 5.74) is 9.90. The number of nitrogens with one attached hydrogen (secondary N) is 5. The normalized spacial score (nSPS) is 14.5. The number of ether oxygens (including phenoxy) is 6. The van der Waals surface area contributed by atoms with Crippen molar-refractivity contribution in [2.75, 3.05) is 187 Å². The molecule has 0 amide bonds. The van der Waals surface area contributed by atoms with Gasteiger partial charge in [-0.1, -0.05) is 0 Å². The molecule has 15 heterocycles. The first kappa shape index (κ1) is 95.6. The zero-order chi connectivity index (χ0) is 96.0. The third-order valence-corrected chi connectivity index (χ3v) is 23.6. The summed E-state index contributed by atoms with van der Waals surface area (Å²) >= 11 is 0. The predicted octanol–water partition coefficient (Wildman–Crippen LogP) is 10.9. The predicted molar refractivity (Wildman–Crippen MR) is 513 cm³/mol. The maximum absolute atomic E-state index is 14.0. The second-order valence-electron chi connectivity index (χ2n) is 32.6. The summed E-state index contributed by atoms with van der Waals surface area (Å²) in [6.07, 6.45) is 12.5. The van der Waals surface area contributed by atoms with Crippen LogP contribution in [0.1, 0.15) is 19.8 Å². The molecular weight excluding hydrogens is 1760 g/mol. The van der Waals surface area contributed by atoms with E-state index in [1.165, 1.54) is 101 Å². The van der Waals surface area contributed by atoms with Gasteiger partial charge in [0.05, 0.1) is 99.6 Å². The molecule has 0 saturated carbocycles. The number of fused-ring (bicyclic) bond motifs is 5. The van der Waals surface area contributed by atoms with Crippen LogP contribution in [-0.2, 0) is 0 Å². The van der Waals surface area contributed by atoms with Crippen molar-refractivity contribution in [1.29, 1.82) is 0 Å². The Morgan fingerprint density at radius 3 is 1.13 bits per heavy atom. The third-order valence-electron chi connectivity index (χ3n) is 23.6. The Kier molecular flexibility index (Phi) is 30.5. The molecular formula is C98H103F6N21O11. The molecule has 5 N–H and O–H groups in total. The van der Waals surface area contributed by atoms with Crippen molar-refractivity contribution < 1.29 is 54.8 Å². The molecule has 0 unspecified atom stereocenters. The van der Waals surface area contributed by atoms with E-state index in [1.807, 2.05) is 67.8 Å². The number of hydrogen-bond acceptors (Lipinski definition) is 27. The van der Waals surface area contributed by atoms with Crippen LogP contribution in [0, 0.1) is 34.9 Å². The van der Waals surface area contributed by atoms with E-state index in [9.17, 15) is 50.3 Å². The molecule has 0 radical (unpaired) electrons. The molecule has 38 heteroatoms. The van der Waals surface area contributed by atoms with Gasteiger partial charge in [0, 0.05) is 206 Å². The van der Waals surface area contributed by atoms with E-state index < -0.39 is 46.4 Å². The van der Waals surface area contributed by atoms with E-state index in [0.717, 1.165) is 169 Å². The van der Waals surface area contributed by atoms with Gasteiger partial charge in [-0.3, -0.25) is 46.0 Å². The molecule has 708 valence electrons. The molecule has 11 aromatic heterocycles. The Morgan fingerprint density at radius 2 is 0.743 bits per heavy atom. The van der Waals surface area contributed by atoms with E-state index in [1.54, 1.807) is 73.7 Å². The van der Waals surface area contributed by atoms with Crippen molar-refractivity contribution in [1.82, 2.24) is 78.1 Å². The number of likely N-dealkylation sites (N-methyl/N-ethyl adjacent to an activating group) is 1. The molecule has 4 aromatic carbocycles. The van der Waals surface area contributed by atoms with Crippen molar-refractivity contribution in [2.45, 2.75) is 31.8 Å². The fourth-order valence-electron chi connectivity index (χ4n) is 16.4. The summed E-state index contributed by atoms with van der Waals surface area (Å²) in [6, 6.07) is 42.2. The van der Waals surface area contributed by atoms with Gasteiger partial charge in [-0.2, -0.15) is 0 Å². The van der Waals surface area contributed by atoms with E-state index in [4.69, 9.17) is 23.7 Å². The van der Waals surface area contributed by atoms with Crippen LogP contribution in [0.3, 0.4) is 0 Å². The van der Waals surface area contributed by atoms with Crippen LogP contribution in [0.25, 0.3) is 84.5 Å². The fourth-order valence-corrected chi connectivity index (χ4v) is 16.4. The molecule has 4 aliphatic heterocycles. The highest BCUT2D eigenvalue weighted by Crippen LogP contribution is 2.35. The summed E-state index contributed by atoms with van der Waals surface area (Å²) in [5.74, 6) is -4.09. The zero-order valence-corrected chi connectivity index (χ0v) is 76.6. The van der Waals surface area contributed by atoms with Crippen LogP contribution in [0.5, 0.6) is 34.6 Å². The first-order valence-corrected chi connectivity index (χ1v) is 44.0. The number of piperidine rings is 1. The van der Waals surface area contributed by atoms with Crippen LogP contribution < -0.4 is 102 Å². The average molecular weight is 1870 g/mol. The molecule has 19 rings (SSSR count). The minimum Gasteiger partial charge on any atom is -0.494 e. The molecule has 136 heavy (non-hydrogen) atoms. The zero-order valence-electron chi connectivity index (χ0n) is 76.6. The van der Waals surface area contributed by atoms with Crippen molar-refractivity contribution >= 4 is 56.7 Å². The van der Waals surface area contributed by atoms with Gasteiger partial charge in [0.15, 0.2) is 63.7 Å². The summed E-state index contributed by atoms with van der Waals surface area (Å²) in [4.78, 5) is 101. The number of halogens is 6. The number of benzene rings is 4. The largest absolute Gasteiger partial charge is 0.494 e. The Bertz CT molecular complexity index is 7150. The quantitative estimate of drug-likeness (QED) is 0.0350. The Balaban J connectivity index is 0.000000129. The van der Waals surface area contributed by atoms with Crippen molar-refractivity contribution in [3.05, 3.63) is 282 Å². The van der Waals surface area contributed by atoms with Gasteiger partial charge in [-0.25, -0.2) is 56.2 Å². The highest BCUT2D eigenvalue weighted by atomic mass is 19.2. The smallest absolute Gasteiger partial charge is 0.258 e. The van der Waals surface area contributed by atoms with Crippen molar-refractivity contribution in [3.63, 3.8) is 0 Å². The minimum absolute atomic E-state index is 0.0908. The van der Waals surface area contributed by atoms with E-state index in [0.29, 0.717) is 80.0 Å². The molecule has 4 aliphatic rings. The van der Waals surface area contributed by atoms with E-state index in [2.05, 4.69) is 107 Å². The highest BCUT2D eigenvalue weighted by molar-refractivity contribution is 5.70. The summed E-state index contributed by atoms with van der Waals surface area (Å²) in [7, 11) is 14.4. The first-order valence-electron chi connectivity index (χ1n) is 44.0. The second-order valence-corrected chi connectivity index (χ2v) is 32.6. The summed E-state index contributed by atoms with van der Waals surface area (Å²) in [5, 5.41) is 16.3. The molecule has 15 aromatic rings. The van der Waals surface area contributed by atoms with Crippen LogP contribution in [-0.4, -0.2) is 231 Å². The van der Waals surface area contributed by atoms with E-state index in [-0.39, 0.29) is 61.9 Å². The highest BCUT2D eigenvalue weighted by Gasteiger charge is 2.25.